The Morgan fingerprint density at radius 3 is 2.24 bits per heavy atom. The Hall–Kier alpha value is -3.01. The van der Waals surface area contributed by atoms with Crippen LogP contribution >= 0.6 is 0 Å². The number of rotatable bonds is 5. The van der Waals surface area contributed by atoms with Crippen LogP contribution in [0.2, 0.25) is 0 Å². The summed E-state index contributed by atoms with van der Waals surface area (Å²) in [7, 11) is -0.464. The first kappa shape index (κ1) is 23.2. The van der Waals surface area contributed by atoms with Gasteiger partial charge in [0.2, 0.25) is 0 Å². The highest BCUT2D eigenvalue weighted by molar-refractivity contribution is 7.86. The third kappa shape index (κ3) is 4.57. The van der Waals surface area contributed by atoms with Crippen molar-refractivity contribution < 1.29 is 13.2 Å². The number of aromatic nitrogens is 2. The number of hydrogen-bond donors (Lipinski definition) is 0. The fraction of sp³-hybridized carbons (Fsp3) is 0.333. The second-order valence-electron chi connectivity index (χ2n) is 8.47. The summed E-state index contributed by atoms with van der Waals surface area (Å²) in [4.78, 5) is 15.3. The van der Waals surface area contributed by atoms with Gasteiger partial charge in [0, 0.05) is 52.0 Å². The van der Waals surface area contributed by atoms with Crippen LogP contribution in [0.4, 0.5) is 0 Å². The van der Waals surface area contributed by atoms with E-state index in [-0.39, 0.29) is 19.0 Å². The van der Waals surface area contributed by atoms with Crippen molar-refractivity contribution in [3.8, 4) is 16.9 Å². The molecule has 0 N–H and O–H groups in total. The molecule has 0 radical (unpaired) electrons. The first-order valence-electron chi connectivity index (χ1n) is 10.9. The van der Waals surface area contributed by atoms with Gasteiger partial charge in [0.25, 0.3) is 16.1 Å². The first-order valence-corrected chi connectivity index (χ1v) is 12.3. The Morgan fingerprint density at radius 2 is 1.64 bits per heavy atom. The highest BCUT2D eigenvalue weighted by atomic mass is 32.2. The van der Waals surface area contributed by atoms with Gasteiger partial charge in [0.1, 0.15) is 5.69 Å². The van der Waals surface area contributed by atoms with Gasteiger partial charge in [0.15, 0.2) is 0 Å². The van der Waals surface area contributed by atoms with Gasteiger partial charge in [0.05, 0.1) is 11.3 Å². The number of piperazine rings is 1. The van der Waals surface area contributed by atoms with Gasteiger partial charge >= 0.3 is 0 Å². The Kier molecular flexibility index (Phi) is 6.38. The van der Waals surface area contributed by atoms with Crippen molar-refractivity contribution in [1.29, 1.82) is 0 Å². The summed E-state index contributed by atoms with van der Waals surface area (Å²) >= 11 is 0. The minimum atomic E-state index is -3.49. The number of nitrogens with zero attached hydrogens (tertiary/aromatic N) is 5. The minimum Gasteiger partial charge on any atom is -0.336 e. The summed E-state index contributed by atoms with van der Waals surface area (Å²) in [5.74, 6) is -0.144. The zero-order valence-electron chi connectivity index (χ0n) is 19.4. The van der Waals surface area contributed by atoms with E-state index in [1.54, 1.807) is 15.8 Å². The van der Waals surface area contributed by atoms with Crippen LogP contribution in [0.3, 0.4) is 0 Å². The first-order chi connectivity index (χ1) is 15.7. The molecule has 33 heavy (non-hydrogen) atoms. The molecule has 0 saturated carbocycles. The second kappa shape index (κ2) is 9.09. The van der Waals surface area contributed by atoms with E-state index in [2.05, 4.69) is 6.07 Å². The Balaban J connectivity index is 1.68. The zero-order chi connectivity index (χ0) is 23.8. The molecule has 0 unspecified atom stereocenters. The van der Waals surface area contributed by atoms with E-state index < -0.39 is 10.2 Å². The largest absolute Gasteiger partial charge is 0.336 e. The van der Waals surface area contributed by atoms with Crippen LogP contribution in [0, 0.1) is 13.8 Å². The molecule has 0 bridgehead atoms. The smallest absolute Gasteiger partial charge is 0.281 e. The lowest BCUT2D eigenvalue weighted by atomic mass is 10.00. The Labute approximate surface area is 195 Å². The topological polar surface area (TPSA) is 78.8 Å². The molecule has 1 saturated heterocycles. The number of hydrogen-bond acceptors (Lipinski definition) is 4. The van der Waals surface area contributed by atoms with Crippen LogP contribution in [0.15, 0.2) is 54.7 Å². The summed E-state index contributed by atoms with van der Waals surface area (Å²) < 4.78 is 29.2. The van der Waals surface area contributed by atoms with E-state index in [0.29, 0.717) is 24.3 Å². The van der Waals surface area contributed by atoms with Crippen LogP contribution < -0.4 is 0 Å². The molecule has 174 valence electrons. The van der Waals surface area contributed by atoms with Gasteiger partial charge in [-0.15, -0.1) is 0 Å². The summed E-state index contributed by atoms with van der Waals surface area (Å²) in [6.45, 7) is 5.23. The normalized spacial score (nSPS) is 15.2. The standard InChI is InChI=1S/C24H29N5O3S/c1-18-10-11-21(19(2)16-18)23-22(17-29(25-23)20-8-6-5-7-9-20)24(30)27-12-14-28(15-13-27)33(31,32)26(3)4/h5-11,16-17H,12-15H2,1-4H3. The third-order valence-corrected chi connectivity index (χ3v) is 7.86. The van der Waals surface area contributed by atoms with Crippen molar-refractivity contribution in [3.05, 3.63) is 71.4 Å². The molecular formula is C24H29N5O3S. The molecule has 2 aromatic carbocycles. The van der Waals surface area contributed by atoms with E-state index >= 15 is 0 Å². The number of benzene rings is 2. The predicted octanol–water partition coefficient (Wildman–Crippen LogP) is 2.72. The molecule has 1 aromatic heterocycles. The average molecular weight is 468 g/mol. The highest BCUT2D eigenvalue weighted by Crippen LogP contribution is 2.29. The predicted molar refractivity (Wildman–Crippen MR) is 129 cm³/mol. The van der Waals surface area contributed by atoms with Gasteiger partial charge in [-0.05, 0) is 31.5 Å². The van der Waals surface area contributed by atoms with E-state index in [0.717, 1.165) is 22.4 Å². The fourth-order valence-corrected chi connectivity index (χ4v) is 5.13. The fourth-order valence-electron chi connectivity index (χ4n) is 4.04. The van der Waals surface area contributed by atoms with E-state index in [4.69, 9.17) is 5.10 Å². The van der Waals surface area contributed by atoms with Crippen LogP contribution in [-0.2, 0) is 10.2 Å². The number of carbonyl (C=O) groups excluding carboxylic acids is 1. The minimum absolute atomic E-state index is 0.144. The maximum atomic E-state index is 13.6. The van der Waals surface area contributed by atoms with Crippen molar-refractivity contribution in [3.63, 3.8) is 0 Å². The molecule has 0 atom stereocenters. The molecule has 9 heteroatoms. The van der Waals surface area contributed by atoms with E-state index in [1.165, 1.54) is 22.7 Å². The molecule has 1 amide bonds. The molecule has 1 fully saturated rings. The van der Waals surface area contributed by atoms with Crippen LogP contribution in [0.1, 0.15) is 21.5 Å². The van der Waals surface area contributed by atoms with Gasteiger partial charge in [-0.1, -0.05) is 42.0 Å². The lowest BCUT2D eigenvalue weighted by molar-refractivity contribution is 0.0696. The summed E-state index contributed by atoms with van der Waals surface area (Å²) in [6.07, 6.45) is 1.77. The number of carbonyl (C=O) groups is 1. The number of aryl methyl sites for hydroxylation is 2. The quantitative estimate of drug-likeness (QED) is 0.578. The maximum absolute atomic E-state index is 13.6. The Bertz CT molecular complexity index is 1260. The molecule has 8 nitrogen and oxygen atoms in total. The SMILES string of the molecule is Cc1ccc(-c2nn(-c3ccccc3)cc2C(=O)N2CCN(S(=O)(=O)N(C)C)CC2)c(C)c1. The third-order valence-electron chi connectivity index (χ3n) is 5.92. The van der Waals surface area contributed by atoms with Crippen molar-refractivity contribution in [2.75, 3.05) is 40.3 Å². The number of amides is 1. The van der Waals surface area contributed by atoms with Crippen molar-refractivity contribution in [1.82, 2.24) is 23.3 Å². The van der Waals surface area contributed by atoms with E-state index in [9.17, 15) is 13.2 Å². The Morgan fingerprint density at radius 1 is 0.970 bits per heavy atom. The second-order valence-corrected chi connectivity index (χ2v) is 10.6. The monoisotopic (exact) mass is 467 g/mol. The molecule has 0 aliphatic carbocycles. The lowest BCUT2D eigenvalue weighted by Crippen LogP contribution is -2.53. The summed E-state index contributed by atoms with van der Waals surface area (Å²) in [6, 6.07) is 15.8. The molecule has 0 spiro atoms. The number of para-hydroxylation sites is 1. The van der Waals surface area contributed by atoms with Gasteiger partial charge < -0.3 is 4.90 Å². The molecule has 4 rings (SSSR count). The average Bonchev–Trinajstić information content (AvgIpc) is 3.24. The summed E-state index contributed by atoms with van der Waals surface area (Å²) in [5, 5.41) is 4.79. The molecule has 1 aliphatic rings. The highest BCUT2D eigenvalue weighted by Gasteiger charge is 2.32. The van der Waals surface area contributed by atoms with Gasteiger partial charge in [-0.25, -0.2) is 4.68 Å². The van der Waals surface area contributed by atoms with Crippen molar-refractivity contribution in [2.24, 2.45) is 0 Å². The van der Waals surface area contributed by atoms with Gasteiger partial charge in [-0.2, -0.15) is 22.1 Å². The summed E-state index contributed by atoms with van der Waals surface area (Å²) in [5.41, 5.74) is 5.10. The molecule has 2 heterocycles. The molecule has 3 aromatic rings. The molecule has 1 aliphatic heterocycles. The van der Waals surface area contributed by atoms with Crippen LogP contribution in [0.25, 0.3) is 16.9 Å². The molecular weight excluding hydrogens is 438 g/mol. The van der Waals surface area contributed by atoms with Gasteiger partial charge in [-0.3, -0.25) is 4.79 Å². The maximum Gasteiger partial charge on any atom is 0.281 e. The van der Waals surface area contributed by atoms with Crippen LogP contribution in [0.5, 0.6) is 0 Å². The van der Waals surface area contributed by atoms with Crippen LogP contribution in [-0.4, -0.2) is 77.9 Å². The zero-order valence-corrected chi connectivity index (χ0v) is 20.2. The van der Waals surface area contributed by atoms with Crippen molar-refractivity contribution >= 4 is 16.1 Å². The van der Waals surface area contributed by atoms with Crippen molar-refractivity contribution in [2.45, 2.75) is 13.8 Å². The van der Waals surface area contributed by atoms with E-state index in [1.807, 2.05) is 56.3 Å². The lowest BCUT2D eigenvalue weighted by Gasteiger charge is -2.35.